The molecule has 1 rings (SSSR count). The van der Waals surface area contributed by atoms with Crippen LogP contribution in [0.25, 0.3) is 0 Å². The lowest BCUT2D eigenvalue weighted by Gasteiger charge is -2.27. The van der Waals surface area contributed by atoms with Crippen molar-refractivity contribution in [3.05, 3.63) is 22.3 Å². The van der Waals surface area contributed by atoms with Gasteiger partial charge >= 0.3 is 0 Å². The first-order valence-electron chi connectivity index (χ1n) is 6.28. The van der Waals surface area contributed by atoms with Crippen LogP contribution >= 0.6 is 15.9 Å². The SMILES string of the molecule is Cc1nc(N(CC(C)C)CC(C)C)ccc1Br. The summed E-state index contributed by atoms with van der Waals surface area (Å²) >= 11 is 3.50. The summed E-state index contributed by atoms with van der Waals surface area (Å²) in [4.78, 5) is 7.04. The summed E-state index contributed by atoms with van der Waals surface area (Å²) in [6.07, 6.45) is 0. The van der Waals surface area contributed by atoms with Gasteiger partial charge in [-0.2, -0.15) is 0 Å². The van der Waals surface area contributed by atoms with Crippen LogP contribution in [-0.4, -0.2) is 18.1 Å². The predicted octanol–water partition coefficient (Wildman–Crippen LogP) is 4.27. The lowest BCUT2D eigenvalue weighted by atomic mass is 10.1. The van der Waals surface area contributed by atoms with Crippen LogP contribution in [-0.2, 0) is 0 Å². The molecule has 0 aliphatic rings. The van der Waals surface area contributed by atoms with Crippen LogP contribution in [0.4, 0.5) is 5.82 Å². The van der Waals surface area contributed by atoms with Crippen molar-refractivity contribution in [1.82, 2.24) is 4.98 Å². The molecular weight excluding hydrogens is 276 g/mol. The van der Waals surface area contributed by atoms with Crippen molar-refractivity contribution in [1.29, 1.82) is 0 Å². The lowest BCUT2D eigenvalue weighted by molar-refractivity contribution is 0.548. The van der Waals surface area contributed by atoms with Crippen molar-refractivity contribution >= 4 is 21.7 Å². The third-order valence-electron chi connectivity index (χ3n) is 2.50. The summed E-state index contributed by atoms with van der Waals surface area (Å²) in [5.74, 6) is 2.40. The molecule has 0 aromatic carbocycles. The van der Waals surface area contributed by atoms with Gasteiger partial charge in [-0.05, 0) is 46.8 Å². The van der Waals surface area contributed by atoms with Crippen LogP contribution < -0.4 is 4.90 Å². The van der Waals surface area contributed by atoms with Gasteiger partial charge in [0.25, 0.3) is 0 Å². The molecule has 0 atom stereocenters. The van der Waals surface area contributed by atoms with E-state index < -0.39 is 0 Å². The first-order valence-corrected chi connectivity index (χ1v) is 7.07. The fraction of sp³-hybridized carbons (Fsp3) is 0.643. The average molecular weight is 299 g/mol. The number of hydrogen-bond donors (Lipinski definition) is 0. The Labute approximate surface area is 114 Å². The van der Waals surface area contributed by atoms with Crippen LogP contribution in [0.5, 0.6) is 0 Å². The molecular formula is C14H23BrN2. The average Bonchev–Trinajstić information content (AvgIpc) is 2.19. The Kier molecular flexibility index (Phi) is 5.44. The lowest BCUT2D eigenvalue weighted by Crippen LogP contribution is -2.32. The Balaban J connectivity index is 2.91. The van der Waals surface area contributed by atoms with Crippen LogP contribution in [0.3, 0.4) is 0 Å². The standard InChI is InChI=1S/C14H23BrN2/c1-10(2)8-17(9-11(3)4)14-7-6-13(15)12(5)16-14/h6-7,10-11H,8-9H2,1-5H3. The monoisotopic (exact) mass is 298 g/mol. The molecule has 1 heterocycles. The van der Waals surface area contributed by atoms with Gasteiger partial charge in [-0.1, -0.05) is 27.7 Å². The zero-order valence-corrected chi connectivity index (χ0v) is 13.1. The summed E-state index contributed by atoms with van der Waals surface area (Å²) in [5, 5.41) is 0. The maximum absolute atomic E-state index is 4.66. The highest BCUT2D eigenvalue weighted by molar-refractivity contribution is 9.10. The first kappa shape index (κ1) is 14.5. The molecule has 0 aliphatic heterocycles. The fourth-order valence-corrected chi connectivity index (χ4v) is 2.07. The first-order chi connectivity index (χ1) is 7.90. The second-order valence-electron chi connectivity index (χ2n) is 5.43. The van der Waals surface area contributed by atoms with Crippen molar-refractivity contribution in [2.45, 2.75) is 34.6 Å². The highest BCUT2D eigenvalue weighted by Crippen LogP contribution is 2.20. The molecule has 0 unspecified atom stereocenters. The van der Waals surface area contributed by atoms with Crippen LogP contribution in [0.2, 0.25) is 0 Å². The van der Waals surface area contributed by atoms with E-state index in [1.54, 1.807) is 0 Å². The van der Waals surface area contributed by atoms with E-state index in [2.05, 4.69) is 65.6 Å². The molecule has 3 heteroatoms. The highest BCUT2D eigenvalue weighted by Gasteiger charge is 2.12. The van der Waals surface area contributed by atoms with E-state index in [1.807, 2.05) is 6.92 Å². The second-order valence-corrected chi connectivity index (χ2v) is 6.28. The van der Waals surface area contributed by atoms with Gasteiger partial charge in [-0.15, -0.1) is 0 Å². The molecule has 17 heavy (non-hydrogen) atoms. The van der Waals surface area contributed by atoms with Gasteiger partial charge in [0.2, 0.25) is 0 Å². The largest absolute Gasteiger partial charge is 0.356 e. The van der Waals surface area contributed by atoms with Crippen molar-refractivity contribution in [3.63, 3.8) is 0 Å². The molecule has 1 aromatic heterocycles. The summed E-state index contributed by atoms with van der Waals surface area (Å²) in [6.45, 7) is 13.2. The molecule has 1 aromatic rings. The highest BCUT2D eigenvalue weighted by atomic mass is 79.9. The van der Waals surface area contributed by atoms with Gasteiger partial charge in [0.15, 0.2) is 0 Å². The fourth-order valence-electron chi connectivity index (χ4n) is 1.85. The zero-order chi connectivity index (χ0) is 13.0. The van der Waals surface area contributed by atoms with E-state index in [1.165, 1.54) is 0 Å². The van der Waals surface area contributed by atoms with Gasteiger partial charge in [-0.25, -0.2) is 4.98 Å². The zero-order valence-electron chi connectivity index (χ0n) is 11.5. The number of pyridine rings is 1. The Hall–Kier alpha value is -0.570. The Morgan fingerprint density at radius 3 is 2.06 bits per heavy atom. The smallest absolute Gasteiger partial charge is 0.128 e. The number of hydrogen-bond acceptors (Lipinski definition) is 2. The minimum Gasteiger partial charge on any atom is -0.356 e. The van der Waals surface area contributed by atoms with Crippen LogP contribution in [0.15, 0.2) is 16.6 Å². The molecule has 0 spiro atoms. The van der Waals surface area contributed by atoms with Gasteiger partial charge in [0, 0.05) is 17.6 Å². The van der Waals surface area contributed by atoms with Crippen molar-refractivity contribution in [2.75, 3.05) is 18.0 Å². The molecule has 96 valence electrons. The Bertz CT molecular complexity index is 351. The van der Waals surface area contributed by atoms with Gasteiger partial charge in [0.1, 0.15) is 5.82 Å². The molecule has 0 amide bonds. The molecule has 0 saturated carbocycles. The number of halogens is 1. The second kappa shape index (κ2) is 6.39. The van der Waals surface area contributed by atoms with Gasteiger partial charge in [-0.3, -0.25) is 0 Å². The minimum absolute atomic E-state index is 0.652. The van der Waals surface area contributed by atoms with Crippen molar-refractivity contribution < 1.29 is 0 Å². The summed E-state index contributed by atoms with van der Waals surface area (Å²) in [5.41, 5.74) is 1.06. The maximum atomic E-state index is 4.66. The number of nitrogens with zero attached hydrogens (tertiary/aromatic N) is 2. The number of aryl methyl sites for hydroxylation is 1. The summed E-state index contributed by atoms with van der Waals surface area (Å²) in [6, 6.07) is 4.19. The van der Waals surface area contributed by atoms with E-state index in [4.69, 9.17) is 0 Å². The van der Waals surface area contributed by atoms with E-state index >= 15 is 0 Å². The summed E-state index contributed by atoms with van der Waals surface area (Å²) in [7, 11) is 0. The third-order valence-corrected chi connectivity index (χ3v) is 3.34. The maximum Gasteiger partial charge on any atom is 0.128 e. The Morgan fingerprint density at radius 1 is 1.12 bits per heavy atom. The van der Waals surface area contributed by atoms with E-state index in [-0.39, 0.29) is 0 Å². The molecule has 0 saturated heterocycles. The minimum atomic E-state index is 0.652. The quantitative estimate of drug-likeness (QED) is 0.807. The molecule has 0 fully saturated rings. The third kappa shape index (κ3) is 4.66. The van der Waals surface area contributed by atoms with Crippen molar-refractivity contribution in [2.24, 2.45) is 11.8 Å². The predicted molar refractivity (Wildman–Crippen MR) is 78.6 cm³/mol. The number of anilines is 1. The number of rotatable bonds is 5. The van der Waals surface area contributed by atoms with Crippen LogP contribution in [0, 0.1) is 18.8 Å². The van der Waals surface area contributed by atoms with Gasteiger partial charge in [0.05, 0.1) is 5.69 Å². The normalized spacial score (nSPS) is 11.3. The molecule has 0 radical (unpaired) electrons. The van der Waals surface area contributed by atoms with E-state index in [0.29, 0.717) is 11.8 Å². The topological polar surface area (TPSA) is 16.1 Å². The van der Waals surface area contributed by atoms with Gasteiger partial charge < -0.3 is 4.90 Å². The molecule has 0 bridgehead atoms. The van der Waals surface area contributed by atoms with E-state index in [0.717, 1.165) is 29.1 Å². The van der Waals surface area contributed by atoms with Crippen molar-refractivity contribution in [3.8, 4) is 0 Å². The molecule has 0 aliphatic carbocycles. The van der Waals surface area contributed by atoms with E-state index in [9.17, 15) is 0 Å². The molecule has 0 N–H and O–H groups in total. The summed E-state index contributed by atoms with van der Waals surface area (Å²) < 4.78 is 1.08. The van der Waals surface area contributed by atoms with Crippen LogP contribution in [0.1, 0.15) is 33.4 Å². The molecule has 2 nitrogen and oxygen atoms in total. The number of aromatic nitrogens is 1. The Morgan fingerprint density at radius 2 is 1.65 bits per heavy atom.